The van der Waals surface area contributed by atoms with Gasteiger partial charge < -0.3 is 14.5 Å². The van der Waals surface area contributed by atoms with Gasteiger partial charge in [-0.15, -0.1) is 0 Å². The molecular formula is C21H12ClN3O3. The lowest BCUT2D eigenvalue weighted by Crippen LogP contribution is -1.97. The topological polar surface area (TPSA) is 103 Å². The first-order valence-corrected chi connectivity index (χ1v) is 8.63. The summed E-state index contributed by atoms with van der Waals surface area (Å²) >= 11 is 5.91. The van der Waals surface area contributed by atoms with Crippen LogP contribution in [-0.4, -0.2) is 21.0 Å². The van der Waals surface area contributed by atoms with Gasteiger partial charge in [0.05, 0.1) is 27.2 Å². The van der Waals surface area contributed by atoms with Gasteiger partial charge in [-0.3, -0.25) is 0 Å². The Kier molecular flexibility index (Phi) is 4.44. The molecule has 0 saturated carbocycles. The lowest BCUT2D eigenvalue weighted by molar-refractivity contribution is 0.0697. The summed E-state index contributed by atoms with van der Waals surface area (Å²) in [5.74, 6) is 0.239. The number of fused-ring (bicyclic) bond motifs is 1. The minimum absolute atomic E-state index is 0.00681. The van der Waals surface area contributed by atoms with Crippen molar-refractivity contribution in [3.05, 3.63) is 76.8 Å². The van der Waals surface area contributed by atoms with E-state index in [1.54, 1.807) is 24.3 Å². The fourth-order valence-electron chi connectivity index (χ4n) is 2.80. The maximum Gasteiger partial charge on any atom is 0.337 e. The van der Waals surface area contributed by atoms with Crippen LogP contribution in [0.15, 0.2) is 59.0 Å². The van der Waals surface area contributed by atoms with E-state index >= 15 is 0 Å². The summed E-state index contributed by atoms with van der Waals surface area (Å²) in [6.07, 6.45) is 1.58. The van der Waals surface area contributed by atoms with E-state index < -0.39 is 5.97 Å². The predicted molar refractivity (Wildman–Crippen MR) is 106 cm³/mol. The summed E-state index contributed by atoms with van der Waals surface area (Å²) in [6, 6.07) is 17.6. The van der Waals surface area contributed by atoms with Gasteiger partial charge in [0.15, 0.2) is 0 Å². The molecule has 0 bridgehead atoms. The van der Waals surface area contributed by atoms with Crippen molar-refractivity contribution in [2.45, 2.75) is 0 Å². The first-order chi connectivity index (χ1) is 13.5. The Bertz CT molecular complexity index is 1240. The number of hydrogen-bond donors (Lipinski definition) is 2. The molecule has 0 unspecified atom stereocenters. The maximum absolute atomic E-state index is 11.3. The molecule has 6 nitrogen and oxygen atoms in total. The Labute approximate surface area is 164 Å². The predicted octanol–water partition coefficient (Wildman–Crippen LogP) is 5.24. The smallest absolute Gasteiger partial charge is 0.337 e. The van der Waals surface area contributed by atoms with Gasteiger partial charge in [0.1, 0.15) is 23.4 Å². The number of benzene rings is 2. The standard InChI is InChI=1S/C21H12ClN3O3/c22-16-7-5-12(10-15(16)21(26)27)19-8-6-14(28-19)9-13(11-23)20-24-17-3-1-2-4-18(17)25-20/h1-10H,(H,24,25)(H,26,27)/b13-9+. The van der Waals surface area contributed by atoms with Crippen LogP contribution in [0.4, 0.5) is 0 Å². The summed E-state index contributed by atoms with van der Waals surface area (Å²) in [5.41, 5.74) is 2.48. The average molecular weight is 390 g/mol. The average Bonchev–Trinajstić information content (AvgIpc) is 3.33. The van der Waals surface area contributed by atoms with Crippen LogP contribution >= 0.6 is 11.6 Å². The third-order valence-corrected chi connectivity index (χ3v) is 4.49. The van der Waals surface area contributed by atoms with E-state index in [-0.39, 0.29) is 10.6 Å². The molecule has 0 spiro atoms. The molecule has 0 fully saturated rings. The second-order valence-corrected chi connectivity index (χ2v) is 6.38. The van der Waals surface area contributed by atoms with E-state index in [0.717, 1.165) is 11.0 Å². The molecule has 0 atom stereocenters. The molecule has 0 saturated heterocycles. The Morgan fingerprint density at radius 3 is 2.79 bits per heavy atom. The fourth-order valence-corrected chi connectivity index (χ4v) is 3.00. The summed E-state index contributed by atoms with van der Waals surface area (Å²) in [5, 5.41) is 18.9. The molecule has 0 aliphatic rings. The molecule has 4 aromatic rings. The quantitative estimate of drug-likeness (QED) is 0.464. The monoisotopic (exact) mass is 389 g/mol. The highest BCUT2D eigenvalue weighted by molar-refractivity contribution is 6.33. The van der Waals surface area contributed by atoms with E-state index in [1.807, 2.05) is 24.3 Å². The van der Waals surface area contributed by atoms with E-state index in [4.69, 9.17) is 16.0 Å². The van der Waals surface area contributed by atoms with Crippen molar-refractivity contribution < 1.29 is 14.3 Å². The summed E-state index contributed by atoms with van der Waals surface area (Å²) in [4.78, 5) is 18.8. The lowest BCUT2D eigenvalue weighted by Gasteiger charge is -2.02. The number of halogens is 1. The SMILES string of the molecule is N#C/C(=C\c1ccc(-c2ccc(Cl)c(C(=O)O)c2)o1)c1nc2ccccc2[nH]1. The molecule has 2 aromatic heterocycles. The zero-order chi connectivity index (χ0) is 19.7. The zero-order valence-corrected chi connectivity index (χ0v) is 15.1. The molecule has 2 aromatic carbocycles. The molecule has 0 amide bonds. The third-order valence-electron chi connectivity index (χ3n) is 4.16. The molecular weight excluding hydrogens is 378 g/mol. The van der Waals surface area contributed by atoms with E-state index in [0.29, 0.717) is 28.5 Å². The van der Waals surface area contributed by atoms with Crippen LogP contribution < -0.4 is 0 Å². The Hall–Kier alpha value is -3.82. The summed E-state index contributed by atoms with van der Waals surface area (Å²) in [6.45, 7) is 0. The number of hydrogen-bond acceptors (Lipinski definition) is 4. The van der Waals surface area contributed by atoms with E-state index in [9.17, 15) is 15.2 Å². The second-order valence-electron chi connectivity index (χ2n) is 5.97. The molecule has 0 radical (unpaired) electrons. The van der Waals surface area contributed by atoms with Crippen molar-refractivity contribution in [2.75, 3.05) is 0 Å². The van der Waals surface area contributed by atoms with Gasteiger partial charge in [0.2, 0.25) is 0 Å². The van der Waals surface area contributed by atoms with Crippen molar-refractivity contribution >= 4 is 40.3 Å². The molecule has 2 N–H and O–H groups in total. The van der Waals surface area contributed by atoms with Crippen molar-refractivity contribution in [3.8, 4) is 17.4 Å². The van der Waals surface area contributed by atoms with Crippen molar-refractivity contribution in [1.82, 2.24) is 9.97 Å². The number of carboxylic acids is 1. The number of aromatic amines is 1. The van der Waals surface area contributed by atoms with Gasteiger partial charge in [-0.25, -0.2) is 9.78 Å². The van der Waals surface area contributed by atoms with Crippen LogP contribution in [0.1, 0.15) is 21.9 Å². The summed E-state index contributed by atoms with van der Waals surface area (Å²) in [7, 11) is 0. The minimum atomic E-state index is -1.12. The van der Waals surface area contributed by atoms with E-state index in [1.165, 1.54) is 12.1 Å². The van der Waals surface area contributed by atoms with Gasteiger partial charge in [-0.2, -0.15) is 5.26 Å². The van der Waals surface area contributed by atoms with E-state index in [2.05, 4.69) is 16.0 Å². The molecule has 2 heterocycles. The first kappa shape index (κ1) is 17.6. The van der Waals surface area contributed by atoms with Crippen molar-refractivity contribution in [3.63, 3.8) is 0 Å². The number of aromatic carboxylic acids is 1. The van der Waals surface area contributed by atoms with Crippen LogP contribution in [0, 0.1) is 11.3 Å². The maximum atomic E-state index is 11.3. The minimum Gasteiger partial charge on any atom is -0.478 e. The van der Waals surface area contributed by atoms with Crippen molar-refractivity contribution in [2.24, 2.45) is 0 Å². The zero-order valence-electron chi connectivity index (χ0n) is 14.3. The number of carbonyl (C=O) groups is 1. The van der Waals surface area contributed by atoms with Crippen LogP contribution in [-0.2, 0) is 0 Å². The molecule has 0 aliphatic heterocycles. The molecule has 0 aliphatic carbocycles. The van der Waals surface area contributed by atoms with Gasteiger partial charge >= 0.3 is 5.97 Å². The number of H-pyrrole nitrogens is 1. The number of nitrogens with zero attached hydrogens (tertiary/aromatic N) is 2. The van der Waals surface area contributed by atoms with Crippen LogP contribution in [0.2, 0.25) is 5.02 Å². The van der Waals surface area contributed by atoms with Crippen LogP contribution in [0.5, 0.6) is 0 Å². The number of nitriles is 1. The highest BCUT2D eigenvalue weighted by Gasteiger charge is 2.13. The third kappa shape index (κ3) is 3.27. The van der Waals surface area contributed by atoms with Gasteiger partial charge in [0.25, 0.3) is 0 Å². The number of furan rings is 1. The molecule has 4 rings (SSSR count). The Morgan fingerprint density at radius 2 is 2.04 bits per heavy atom. The number of allylic oxidation sites excluding steroid dienone is 1. The molecule has 7 heteroatoms. The normalized spacial score (nSPS) is 11.5. The number of rotatable bonds is 4. The lowest BCUT2D eigenvalue weighted by atomic mass is 10.1. The molecule has 28 heavy (non-hydrogen) atoms. The first-order valence-electron chi connectivity index (χ1n) is 8.25. The van der Waals surface area contributed by atoms with Crippen LogP contribution in [0.25, 0.3) is 34.0 Å². The Morgan fingerprint density at radius 1 is 1.21 bits per heavy atom. The van der Waals surface area contributed by atoms with Gasteiger partial charge in [0, 0.05) is 11.6 Å². The number of imidazole rings is 1. The number of para-hydroxylation sites is 2. The van der Waals surface area contributed by atoms with Gasteiger partial charge in [-0.05, 0) is 42.5 Å². The summed E-state index contributed by atoms with van der Waals surface area (Å²) < 4.78 is 5.77. The number of carboxylic acid groups (broad SMARTS) is 1. The highest BCUT2D eigenvalue weighted by atomic mass is 35.5. The van der Waals surface area contributed by atoms with Crippen LogP contribution in [0.3, 0.4) is 0 Å². The highest BCUT2D eigenvalue weighted by Crippen LogP contribution is 2.28. The second kappa shape index (κ2) is 7.06. The number of nitrogens with one attached hydrogen (secondary N) is 1. The largest absolute Gasteiger partial charge is 0.478 e. The number of aromatic nitrogens is 2. The Balaban J connectivity index is 1.69. The fraction of sp³-hybridized carbons (Fsp3) is 0. The molecule has 136 valence electrons. The van der Waals surface area contributed by atoms with Crippen molar-refractivity contribution in [1.29, 1.82) is 5.26 Å². The van der Waals surface area contributed by atoms with Gasteiger partial charge in [-0.1, -0.05) is 23.7 Å².